The summed E-state index contributed by atoms with van der Waals surface area (Å²) in [4.78, 5) is 16.5. The Morgan fingerprint density at radius 3 is 2.76 bits per heavy atom. The summed E-state index contributed by atoms with van der Waals surface area (Å²) in [6.07, 6.45) is 4.69. The summed E-state index contributed by atoms with van der Waals surface area (Å²) < 4.78 is 12.7. The molecule has 1 N–H and O–H groups in total. The average molecular weight is 339 g/mol. The Hall–Kier alpha value is -3.02. The number of pyridine rings is 1. The van der Waals surface area contributed by atoms with Crippen molar-refractivity contribution in [3.05, 3.63) is 60.0 Å². The van der Waals surface area contributed by atoms with E-state index in [4.69, 9.17) is 9.47 Å². The molecule has 0 aliphatic heterocycles. The van der Waals surface area contributed by atoms with Gasteiger partial charge < -0.3 is 19.2 Å². The number of methoxy groups -OCH3 is 1. The maximum Gasteiger partial charge on any atom is 0.257 e. The molecular formula is C19H21N3O3. The molecule has 0 saturated carbocycles. The molecule has 0 bridgehead atoms. The summed E-state index contributed by atoms with van der Waals surface area (Å²) in [6, 6.07) is 11.3. The van der Waals surface area contributed by atoms with E-state index < -0.39 is 0 Å². The fourth-order valence-corrected chi connectivity index (χ4v) is 2.54. The predicted octanol–water partition coefficient (Wildman–Crippen LogP) is 2.39. The van der Waals surface area contributed by atoms with Crippen LogP contribution in [-0.2, 0) is 11.2 Å². The van der Waals surface area contributed by atoms with E-state index in [1.165, 1.54) is 5.56 Å². The third-order valence-corrected chi connectivity index (χ3v) is 3.78. The van der Waals surface area contributed by atoms with Gasteiger partial charge in [0.15, 0.2) is 18.1 Å². The lowest BCUT2D eigenvalue weighted by Gasteiger charge is -2.10. The molecule has 0 saturated heterocycles. The number of carbonyl (C=O) groups is 1. The normalized spacial score (nSPS) is 10.6. The minimum atomic E-state index is -0.175. The Bertz CT molecular complexity index is 873. The molecule has 1 aromatic carbocycles. The lowest BCUT2D eigenvalue weighted by atomic mass is 10.3. The number of aromatic nitrogens is 2. The van der Waals surface area contributed by atoms with Gasteiger partial charge >= 0.3 is 0 Å². The van der Waals surface area contributed by atoms with Crippen molar-refractivity contribution in [2.24, 2.45) is 0 Å². The molecule has 0 aliphatic carbocycles. The van der Waals surface area contributed by atoms with Crippen LogP contribution in [0.2, 0.25) is 0 Å². The summed E-state index contributed by atoms with van der Waals surface area (Å²) in [5.41, 5.74) is 3.03. The maximum absolute atomic E-state index is 11.9. The van der Waals surface area contributed by atoms with Crippen LogP contribution in [0.25, 0.3) is 5.65 Å². The number of carbonyl (C=O) groups excluding carboxylic acids is 1. The number of hydrogen-bond donors (Lipinski definition) is 1. The topological polar surface area (TPSA) is 64.9 Å². The summed E-state index contributed by atoms with van der Waals surface area (Å²) in [7, 11) is 1.57. The Morgan fingerprint density at radius 2 is 1.96 bits per heavy atom. The van der Waals surface area contributed by atoms with Crippen molar-refractivity contribution >= 4 is 11.6 Å². The van der Waals surface area contributed by atoms with Crippen molar-refractivity contribution < 1.29 is 14.3 Å². The molecule has 0 fully saturated rings. The molecule has 130 valence electrons. The molecule has 0 spiro atoms. The van der Waals surface area contributed by atoms with Crippen molar-refractivity contribution in [2.45, 2.75) is 13.3 Å². The molecule has 1 amide bonds. The first-order valence-electron chi connectivity index (χ1n) is 8.12. The molecular weight excluding hydrogens is 318 g/mol. The zero-order valence-electron chi connectivity index (χ0n) is 14.4. The summed E-state index contributed by atoms with van der Waals surface area (Å²) in [6.45, 7) is 2.50. The highest BCUT2D eigenvalue weighted by Gasteiger charge is 2.07. The Labute approximate surface area is 146 Å². The maximum atomic E-state index is 11.9. The van der Waals surface area contributed by atoms with Crippen LogP contribution in [0.5, 0.6) is 11.5 Å². The first-order chi connectivity index (χ1) is 12.2. The van der Waals surface area contributed by atoms with Crippen LogP contribution in [0.4, 0.5) is 0 Å². The summed E-state index contributed by atoms with van der Waals surface area (Å²) in [5.74, 6) is 0.983. The molecule has 6 nitrogen and oxygen atoms in total. The minimum absolute atomic E-state index is 0.0509. The second-order valence-electron chi connectivity index (χ2n) is 5.74. The fraction of sp³-hybridized carbons (Fsp3) is 0.263. The van der Waals surface area contributed by atoms with Gasteiger partial charge in [-0.05, 0) is 30.7 Å². The Morgan fingerprint density at radius 1 is 1.16 bits per heavy atom. The van der Waals surface area contributed by atoms with Gasteiger partial charge in [-0.25, -0.2) is 4.98 Å². The van der Waals surface area contributed by atoms with Crippen molar-refractivity contribution in [1.82, 2.24) is 14.7 Å². The molecule has 0 unspecified atom stereocenters. The van der Waals surface area contributed by atoms with E-state index in [1.807, 2.05) is 48.0 Å². The number of nitrogens with zero attached hydrogens (tertiary/aromatic N) is 2. The van der Waals surface area contributed by atoms with Crippen LogP contribution in [0.15, 0.2) is 48.8 Å². The fourth-order valence-electron chi connectivity index (χ4n) is 2.54. The molecule has 6 heteroatoms. The van der Waals surface area contributed by atoms with Crippen molar-refractivity contribution in [3.8, 4) is 11.5 Å². The highest BCUT2D eigenvalue weighted by atomic mass is 16.5. The number of ether oxygens (including phenoxy) is 2. The Kier molecular flexibility index (Phi) is 5.18. The number of para-hydroxylation sites is 2. The summed E-state index contributed by atoms with van der Waals surface area (Å²) >= 11 is 0. The number of nitrogens with one attached hydrogen (secondary N) is 1. The SMILES string of the molecule is COc1ccccc1OCC(=O)NCCc1cn2cc(C)ccc2n1. The van der Waals surface area contributed by atoms with Crippen LogP contribution < -0.4 is 14.8 Å². The first kappa shape index (κ1) is 16.8. The predicted molar refractivity (Wildman–Crippen MR) is 95.1 cm³/mol. The minimum Gasteiger partial charge on any atom is -0.493 e. The van der Waals surface area contributed by atoms with E-state index in [-0.39, 0.29) is 12.5 Å². The van der Waals surface area contributed by atoms with E-state index in [1.54, 1.807) is 19.2 Å². The standard InChI is InChI=1S/C19H21N3O3/c1-14-7-8-18-21-15(12-22(18)11-14)9-10-20-19(23)13-25-17-6-4-3-5-16(17)24-2/h3-8,11-12H,9-10,13H2,1-2H3,(H,20,23). The molecule has 25 heavy (non-hydrogen) atoms. The number of benzene rings is 1. The highest BCUT2D eigenvalue weighted by Crippen LogP contribution is 2.25. The number of rotatable bonds is 7. The van der Waals surface area contributed by atoms with Gasteiger partial charge in [0.1, 0.15) is 5.65 Å². The third kappa shape index (κ3) is 4.29. The average Bonchev–Trinajstić information content (AvgIpc) is 3.02. The van der Waals surface area contributed by atoms with Gasteiger partial charge in [-0.2, -0.15) is 0 Å². The molecule has 0 radical (unpaired) electrons. The lowest BCUT2D eigenvalue weighted by Crippen LogP contribution is -2.30. The van der Waals surface area contributed by atoms with Gasteiger partial charge in [0, 0.05) is 25.4 Å². The first-order valence-corrected chi connectivity index (χ1v) is 8.12. The summed E-state index contributed by atoms with van der Waals surface area (Å²) in [5, 5.41) is 2.84. The van der Waals surface area contributed by atoms with E-state index in [2.05, 4.69) is 10.3 Å². The zero-order valence-corrected chi connectivity index (χ0v) is 14.4. The zero-order chi connectivity index (χ0) is 17.6. The van der Waals surface area contributed by atoms with Gasteiger partial charge in [0.2, 0.25) is 0 Å². The van der Waals surface area contributed by atoms with E-state index in [0.29, 0.717) is 24.5 Å². The van der Waals surface area contributed by atoms with E-state index in [9.17, 15) is 4.79 Å². The van der Waals surface area contributed by atoms with Crippen LogP contribution in [0.1, 0.15) is 11.3 Å². The van der Waals surface area contributed by atoms with Crippen LogP contribution in [0, 0.1) is 6.92 Å². The van der Waals surface area contributed by atoms with Crippen molar-refractivity contribution in [1.29, 1.82) is 0 Å². The van der Waals surface area contributed by atoms with Crippen molar-refractivity contribution in [3.63, 3.8) is 0 Å². The second kappa shape index (κ2) is 7.70. The molecule has 3 rings (SSSR count). The van der Waals surface area contributed by atoms with Crippen LogP contribution in [0.3, 0.4) is 0 Å². The smallest absolute Gasteiger partial charge is 0.257 e. The van der Waals surface area contributed by atoms with E-state index in [0.717, 1.165) is 11.3 Å². The molecule has 0 atom stereocenters. The van der Waals surface area contributed by atoms with Crippen molar-refractivity contribution in [2.75, 3.05) is 20.3 Å². The number of imidazole rings is 1. The number of fused-ring (bicyclic) bond motifs is 1. The van der Waals surface area contributed by atoms with Gasteiger partial charge in [0.05, 0.1) is 12.8 Å². The largest absolute Gasteiger partial charge is 0.493 e. The number of amides is 1. The monoisotopic (exact) mass is 339 g/mol. The third-order valence-electron chi connectivity index (χ3n) is 3.78. The Balaban J connectivity index is 1.47. The molecule has 2 heterocycles. The van der Waals surface area contributed by atoms with Gasteiger partial charge in [-0.1, -0.05) is 18.2 Å². The molecule has 0 aliphatic rings. The molecule has 3 aromatic rings. The number of aryl methyl sites for hydroxylation is 1. The van der Waals surface area contributed by atoms with Gasteiger partial charge in [0.25, 0.3) is 5.91 Å². The molecule has 2 aromatic heterocycles. The number of hydrogen-bond acceptors (Lipinski definition) is 4. The van der Waals surface area contributed by atoms with Crippen LogP contribution in [-0.4, -0.2) is 35.6 Å². The van der Waals surface area contributed by atoms with Gasteiger partial charge in [-0.15, -0.1) is 0 Å². The lowest BCUT2D eigenvalue weighted by molar-refractivity contribution is -0.123. The van der Waals surface area contributed by atoms with Crippen LogP contribution >= 0.6 is 0 Å². The van der Waals surface area contributed by atoms with E-state index >= 15 is 0 Å². The highest BCUT2D eigenvalue weighted by molar-refractivity contribution is 5.77. The second-order valence-corrected chi connectivity index (χ2v) is 5.74. The van der Waals surface area contributed by atoms with Gasteiger partial charge in [-0.3, -0.25) is 4.79 Å². The quantitative estimate of drug-likeness (QED) is 0.718.